The maximum atomic E-state index is 12.1. The van der Waals surface area contributed by atoms with Crippen molar-refractivity contribution in [3.05, 3.63) is 53.9 Å². The highest BCUT2D eigenvalue weighted by Crippen LogP contribution is 2.24. The van der Waals surface area contributed by atoms with E-state index in [1.54, 1.807) is 6.20 Å². The van der Waals surface area contributed by atoms with Crippen LogP contribution in [0, 0.1) is 5.92 Å². The van der Waals surface area contributed by atoms with Crippen molar-refractivity contribution in [2.45, 2.75) is 38.8 Å². The molecule has 1 aromatic carbocycles. The quantitative estimate of drug-likeness (QED) is 0.917. The normalized spacial score (nSPS) is 15.2. The number of amides is 1. The highest BCUT2D eigenvalue weighted by atomic mass is 16.1. The van der Waals surface area contributed by atoms with Crippen molar-refractivity contribution < 1.29 is 4.79 Å². The molecule has 0 bridgehead atoms. The average Bonchev–Trinajstić information content (AvgIpc) is 3.19. The molecule has 1 saturated carbocycles. The van der Waals surface area contributed by atoms with Crippen molar-refractivity contribution in [2.24, 2.45) is 5.92 Å². The van der Waals surface area contributed by atoms with Crippen LogP contribution in [0.5, 0.6) is 0 Å². The van der Waals surface area contributed by atoms with Crippen LogP contribution in [0.4, 0.5) is 0 Å². The fourth-order valence-corrected chi connectivity index (χ4v) is 2.97. The summed E-state index contributed by atoms with van der Waals surface area (Å²) in [6.07, 6.45) is 8.20. The van der Waals surface area contributed by atoms with Gasteiger partial charge in [0.05, 0.1) is 6.54 Å². The Hall–Kier alpha value is -2.10. The Morgan fingerprint density at radius 1 is 1.19 bits per heavy atom. The molecule has 2 aromatic rings. The van der Waals surface area contributed by atoms with Crippen LogP contribution in [0.2, 0.25) is 0 Å². The molecule has 1 aliphatic rings. The molecule has 1 fully saturated rings. The first kappa shape index (κ1) is 13.9. The van der Waals surface area contributed by atoms with Crippen molar-refractivity contribution in [2.75, 3.05) is 0 Å². The van der Waals surface area contributed by atoms with Crippen LogP contribution in [0.25, 0.3) is 0 Å². The Morgan fingerprint density at radius 2 is 1.95 bits per heavy atom. The Morgan fingerprint density at radius 3 is 2.67 bits per heavy atom. The van der Waals surface area contributed by atoms with E-state index in [1.165, 1.54) is 24.0 Å². The maximum absolute atomic E-state index is 12.1. The van der Waals surface area contributed by atoms with E-state index in [9.17, 15) is 4.79 Å². The van der Waals surface area contributed by atoms with Gasteiger partial charge in [-0.25, -0.2) is 0 Å². The number of benzene rings is 1. The van der Waals surface area contributed by atoms with E-state index in [4.69, 9.17) is 0 Å². The third-order valence-corrected chi connectivity index (χ3v) is 4.19. The summed E-state index contributed by atoms with van der Waals surface area (Å²) in [6, 6.07) is 10.1. The second-order valence-electron chi connectivity index (χ2n) is 5.67. The minimum absolute atomic E-state index is 0.210. The highest BCUT2D eigenvalue weighted by Gasteiger charge is 2.22. The molecule has 0 spiro atoms. The van der Waals surface area contributed by atoms with Gasteiger partial charge in [0.15, 0.2) is 0 Å². The number of nitrogens with one attached hydrogen (secondary N) is 1. The fraction of sp³-hybridized carbons (Fsp3) is 0.412. The molecule has 1 N–H and O–H groups in total. The van der Waals surface area contributed by atoms with E-state index < -0.39 is 0 Å². The summed E-state index contributed by atoms with van der Waals surface area (Å²) in [5, 5.41) is 7.33. The van der Waals surface area contributed by atoms with Gasteiger partial charge in [0, 0.05) is 24.9 Å². The first-order valence-electron chi connectivity index (χ1n) is 7.65. The SMILES string of the molecule is O=C(NCc1ccccc1Cn1cccn1)C1CCCC1. The average molecular weight is 283 g/mol. The summed E-state index contributed by atoms with van der Waals surface area (Å²) in [7, 11) is 0. The highest BCUT2D eigenvalue weighted by molar-refractivity contribution is 5.78. The second kappa shape index (κ2) is 6.57. The number of rotatable bonds is 5. The van der Waals surface area contributed by atoms with E-state index in [2.05, 4.69) is 22.5 Å². The maximum Gasteiger partial charge on any atom is 0.223 e. The van der Waals surface area contributed by atoms with E-state index in [-0.39, 0.29) is 11.8 Å². The van der Waals surface area contributed by atoms with E-state index in [0.29, 0.717) is 6.54 Å². The zero-order valence-corrected chi connectivity index (χ0v) is 12.2. The largest absolute Gasteiger partial charge is 0.352 e. The number of carbonyl (C=O) groups is 1. The predicted octanol–water partition coefficient (Wildman–Crippen LogP) is 2.74. The molecular weight excluding hydrogens is 262 g/mol. The fourth-order valence-electron chi connectivity index (χ4n) is 2.97. The van der Waals surface area contributed by atoms with Crippen molar-refractivity contribution >= 4 is 5.91 Å². The second-order valence-corrected chi connectivity index (χ2v) is 5.67. The first-order chi connectivity index (χ1) is 10.3. The third-order valence-electron chi connectivity index (χ3n) is 4.19. The zero-order valence-electron chi connectivity index (χ0n) is 12.2. The Kier molecular flexibility index (Phi) is 4.34. The molecule has 4 nitrogen and oxygen atoms in total. The Bertz CT molecular complexity index is 586. The molecule has 1 aliphatic carbocycles. The lowest BCUT2D eigenvalue weighted by atomic mass is 10.1. The summed E-state index contributed by atoms with van der Waals surface area (Å²) >= 11 is 0. The lowest BCUT2D eigenvalue weighted by Gasteiger charge is -2.13. The molecule has 0 saturated heterocycles. The van der Waals surface area contributed by atoms with Gasteiger partial charge in [0.2, 0.25) is 5.91 Å². The van der Waals surface area contributed by atoms with Gasteiger partial charge in [-0.15, -0.1) is 0 Å². The summed E-state index contributed by atoms with van der Waals surface area (Å²) < 4.78 is 1.90. The van der Waals surface area contributed by atoms with Crippen LogP contribution in [0.3, 0.4) is 0 Å². The zero-order chi connectivity index (χ0) is 14.5. The molecule has 1 aromatic heterocycles. The van der Waals surface area contributed by atoms with Gasteiger partial charge in [-0.3, -0.25) is 9.48 Å². The van der Waals surface area contributed by atoms with Crippen molar-refractivity contribution in [3.63, 3.8) is 0 Å². The molecule has 110 valence electrons. The molecule has 1 heterocycles. The smallest absolute Gasteiger partial charge is 0.223 e. The van der Waals surface area contributed by atoms with Crippen molar-refractivity contribution in [1.29, 1.82) is 0 Å². The summed E-state index contributed by atoms with van der Waals surface area (Å²) in [6.45, 7) is 1.34. The summed E-state index contributed by atoms with van der Waals surface area (Å²) in [4.78, 5) is 12.1. The van der Waals surface area contributed by atoms with Gasteiger partial charge >= 0.3 is 0 Å². The lowest BCUT2D eigenvalue weighted by Crippen LogP contribution is -2.29. The number of aromatic nitrogens is 2. The van der Waals surface area contributed by atoms with Crippen LogP contribution in [-0.2, 0) is 17.9 Å². The van der Waals surface area contributed by atoms with Crippen molar-refractivity contribution in [3.8, 4) is 0 Å². The van der Waals surface area contributed by atoms with Gasteiger partial charge < -0.3 is 5.32 Å². The predicted molar refractivity (Wildman–Crippen MR) is 81.6 cm³/mol. The van der Waals surface area contributed by atoms with E-state index >= 15 is 0 Å². The Labute approximate surface area is 125 Å². The van der Waals surface area contributed by atoms with Crippen LogP contribution < -0.4 is 5.32 Å². The van der Waals surface area contributed by atoms with Gasteiger partial charge in [-0.05, 0) is 30.0 Å². The Balaban J connectivity index is 1.63. The molecule has 4 heteroatoms. The van der Waals surface area contributed by atoms with E-state index in [1.807, 2.05) is 29.1 Å². The van der Waals surface area contributed by atoms with Gasteiger partial charge in [0.1, 0.15) is 0 Å². The molecule has 0 unspecified atom stereocenters. The minimum Gasteiger partial charge on any atom is -0.352 e. The number of hydrogen-bond acceptors (Lipinski definition) is 2. The molecular formula is C17H21N3O. The van der Waals surface area contributed by atoms with Crippen LogP contribution >= 0.6 is 0 Å². The monoisotopic (exact) mass is 283 g/mol. The number of carbonyl (C=O) groups excluding carboxylic acids is 1. The van der Waals surface area contributed by atoms with Gasteiger partial charge in [-0.1, -0.05) is 37.1 Å². The molecule has 3 rings (SSSR count). The summed E-state index contributed by atoms with van der Waals surface area (Å²) in [5.41, 5.74) is 2.37. The summed E-state index contributed by atoms with van der Waals surface area (Å²) in [5.74, 6) is 0.435. The van der Waals surface area contributed by atoms with Crippen molar-refractivity contribution in [1.82, 2.24) is 15.1 Å². The molecule has 0 atom stereocenters. The molecule has 0 radical (unpaired) electrons. The van der Waals surface area contributed by atoms with Crippen LogP contribution in [-0.4, -0.2) is 15.7 Å². The standard InChI is InChI=1S/C17H21N3O/c21-17(14-6-1-2-7-14)18-12-15-8-3-4-9-16(15)13-20-11-5-10-19-20/h3-5,8-11,14H,1-2,6-7,12-13H2,(H,18,21). The third kappa shape index (κ3) is 3.51. The lowest BCUT2D eigenvalue weighted by molar-refractivity contribution is -0.124. The van der Waals surface area contributed by atoms with Gasteiger partial charge in [-0.2, -0.15) is 5.10 Å². The molecule has 1 amide bonds. The number of nitrogens with zero attached hydrogens (tertiary/aromatic N) is 2. The van der Waals surface area contributed by atoms with Gasteiger partial charge in [0.25, 0.3) is 0 Å². The topological polar surface area (TPSA) is 46.9 Å². The molecule has 21 heavy (non-hydrogen) atoms. The minimum atomic E-state index is 0.210. The van der Waals surface area contributed by atoms with Crippen LogP contribution in [0.1, 0.15) is 36.8 Å². The number of hydrogen-bond donors (Lipinski definition) is 1. The first-order valence-corrected chi connectivity index (χ1v) is 7.65. The van der Waals surface area contributed by atoms with E-state index in [0.717, 1.165) is 19.4 Å². The molecule has 0 aliphatic heterocycles. The van der Waals surface area contributed by atoms with Crippen LogP contribution in [0.15, 0.2) is 42.7 Å².